The van der Waals surface area contributed by atoms with E-state index in [1.165, 1.54) is 24.3 Å². The molecule has 0 radical (unpaired) electrons. The summed E-state index contributed by atoms with van der Waals surface area (Å²) in [7, 11) is -4.37. The molecule has 0 aliphatic carbocycles. The van der Waals surface area contributed by atoms with Gasteiger partial charge in [-0.1, -0.05) is 38.1 Å². The molecule has 8 heteroatoms. The van der Waals surface area contributed by atoms with E-state index in [0.29, 0.717) is 11.7 Å². The Labute approximate surface area is 186 Å². The maximum absolute atomic E-state index is 12.7. The zero-order chi connectivity index (χ0) is 23.3. The molecule has 1 N–H and O–H groups in total. The fourth-order valence-corrected chi connectivity index (χ4v) is 3.39. The average molecular weight is 455 g/mol. The van der Waals surface area contributed by atoms with E-state index in [1.54, 1.807) is 24.3 Å². The molecule has 1 atom stereocenters. The van der Waals surface area contributed by atoms with Crippen LogP contribution in [0.5, 0.6) is 11.5 Å². The summed E-state index contributed by atoms with van der Waals surface area (Å²) in [6.07, 6.45) is 0.996. The maximum Gasteiger partial charge on any atom is 0.347 e. The standard InChI is InChI=1S/C24H22O7S/c1-3-16(2)17-8-12-19(13-9-17)30-24(26)21-6-4-5-7-22(21)31-23(25)18-10-14-20(15-11-18)32(27,28)29/h4-16H,3H2,1-2H3,(H,27,28,29). The molecule has 0 aliphatic heterocycles. The minimum atomic E-state index is -4.37. The smallest absolute Gasteiger partial charge is 0.347 e. The number of ether oxygens (including phenoxy) is 2. The fourth-order valence-electron chi connectivity index (χ4n) is 2.91. The lowest BCUT2D eigenvalue weighted by Crippen LogP contribution is -2.14. The van der Waals surface area contributed by atoms with Gasteiger partial charge in [0.05, 0.1) is 10.5 Å². The highest BCUT2D eigenvalue weighted by Gasteiger charge is 2.19. The van der Waals surface area contributed by atoms with Crippen molar-refractivity contribution in [2.45, 2.75) is 31.1 Å². The molecule has 0 spiro atoms. The van der Waals surface area contributed by atoms with Gasteiger partial charge >= 0.3 is 11.9 Å². The first-order valence-corrected chi connectivity index (χ1v) is 11.3. The van der Waals surface area contributed by atoms with E-state index in [4.69, 9.17) is 14.0 Å². The molecule has 0 saturated carbocycles. The molecule has 3 aromatic carbocycles. The van der Waals surface area contributed by atoms with Crippen LogP contribution >= 0.6 is 0 Å². The van der Waals surface area contributed by atoms with Crippen LogP contribution in [-0.4, -0.2) is 24.9 Å². The third kappa shape index (κ3) is 5.60. The van der Waals surface area contributed by atoms with Crippen molar-refractivity contribution < 1.29 is 32.0 Å². The number of rotatable bonds is 7. The number of hydrogen-bond acceptors (Lipinski definition) is 6. The third-order valence-electron chi connectivity index (χ3n) is 4.97. The number of benzene rings is 3. The first-order valence-electron chi connectivity index (χ1n) is 9.90. The molecule has 0 amide bonds. The molecule has 1 unspecified atom stereocenters. The quantitative estimate of drug-likeness (QED) is 0.308. The van der Waals surface area contributed by atoms with E-state index in [2.05, 4.69) is 13.8 Å². The lowest BCUT2D eigenvalue weighted by Gasteiger charge is -2.12. The van der Waals surface area contributed by atoms with Crippen molar-refractivity contribution in [1.82, 2.24) is 0 Å². The summed E-state index contributed by atoms with van der Waals surface area (Å²) >= 11 is 0. The molecule has 166 valence electrons. The Balaban J connectivity index is 1.75. The van der Waals surface area contributed by atoms with Crippen molar-refractivity contribution in [2.75, 3.05) is 0 Å². The molecular formula is C24H22O7S. The summed E-state index contributed by atoms with van der Waals surface area (Å²) < 4.78 is 42.0. The van der Waals surface area contributed by atoms with Gasteiger partial charge in [0.2, 0.25) is 0 Å². The molecule has 32 heavy (non-hydrogen) atoms. The van der Waals surface area contributed by atoms with E-state index < -0.39 is 22.1 Å². The van der Waals surface area contributed by atoms with Crippen LogP contribution in [0.25, 0.3) is 0 Å². The van der Waals surface area contributed by atoms with Crippen molar-refractivity contribution in [3.8, 4) is 11.5 Å². The van der Waals surface area contributed by atoms with Crippen molar-refractivity contribution in [1.29, 1.82) is 0 Å². The normalized spacial score (nSPS) is 12.1. The summed E-state index contributed by atoms with van der Waals surface area (Å²) in [6, 6.07) is 17.9. The van der Waals surface area contributed by atoms with Gasteiger partial charge in [-0.3, -0.25) is 4.55 Å². The van der Waals surface area contributed by atoms with Gasteiger partial charge in [0, 0.05) is 0 Å². The van der Waals surface area contributed by atoms with Crippen LogP contribution in [0.2, 0.25) is 0 Å². The Kier molecular flexibility index (Phi) is 7.07. The monoisotopic (exact) mass is 454 g/mol. The minimum absolute atomic E-state index is 0.00224. The Morgan fingerprint density at radius 1 is 0.875 bits per heavy atom. The number of carbonyl (C=O) groups is 2. The van der Waals surface area contributed by atoms with E-state index in [1.807, 2.05) is 12.1 Å². The molecule has 0 bridgehead atoms. The zero-order valence-corrected chi connectivity index (χ0v) is 18.3. The van der Waals surface area contributed by atoms with Gasteiger partial charge in [0.1, 0.15) is 17.1 Å². The van der Waals surface area contributed by atoms with Crippen LogP contribution < -0.4 is 9.47 Å². The van der Waals surface area contributed by atoms with Gasteiger partial charge in [0.15, 0.2) is 0 Å². The number of hydrogen-bond donors (Lipinski definition) is 1. The molecule has 3 rings (SSSR count). The highest BCUT2D eigenvalue weighted by atomic mass is 32.2. The second kappa shape index (κ2) is 9.76. The van der Waals surface area contributed by atoms with Crippen LogP contribution in [0.1, 0.15) is 52.5 Å². The van der Waals surface area contributed by atoms with Crippen molar-refractivity contribution in [3.05, 3.63) is 89.5 Å². The molecule has 0 aliphatic rings. The van der Waals surface area contributed by atoms with E-state index >= 15 is 0 Å². The number of para-hydroxylation sites is 1. The van der Waals surface area contributed by atoms with Crippen LogP contribution in [-0.2, 0) is 10.1 Å². The second-order valence-corrected chi connectivity index (χ2v) is 8.57. The van der Waals surface area contributed by atoms with E-state index in [0.717, 1.165) is 24.1 Å². The Bertz CT molecular complexity index is 1210. The summed E-state index contributed by atoms with van der Waals surface area (Å²) in [6.45, 7) is 4.21. The third-order valence-corrected chi connectivity index (χ3v) is 5.84. The lowest BCUT2D eigenvalue weighted by atomic mass is 9.99. The average Bonchev–Trinajstić information content (AvgIpc) is 2.79. The predicted octanol–water partition coefficient (Wildman–Crippen LogP) is 4.89. The molecule has 0 heterocycles. The summed E-state index contributed by atoms with van der Waals surface area (Å²) in [4.78, 5) is 24.8. The van der Waals surface area contributed by atoms with E-state index in [-0.39, 0.29) is 21.8 Å². The molecule has 0 saturated heterocycles. The number of esters is 2. The fraction of sp³-hybridized carbons (Fsp3) is 0.167. The zero-order valence-electron chi connectivity index (χ0n) is 17.5. The van der Waals surface area contributed by atoms with Crippen molar-refractivity contribution in [2.24, 2.45) is 0 Å². The number of carbonyl (C=O) groups excluding carboxylic acids is 2. The summed E-state index contributed by atoms with van der Waals surface area (Å²) in [5, 5.41) is 0. The van der Waals surface area contributed by atoms with Gasteiger partial charge in [-0.05, 0) is 66.4 Å². The predicted molar refractivity (Wildman–Crippen MR) is 118 cm³/mol. The van der Waals surface area contributed by atoms with Gasteiger partial charge < -0.3 is 9.47 Å². The first kappa shape index (κ1) is 23.2. The van der Waals surface area contributed by atoms with E-state index in [9.17, 15) is 18.0 Å². The Morgan fingerprint density at radius 3 is 2.09 bits per heavy atom. The van der Waals surface area contributed by atoms with Gasteiger partial charge in [-0.2, -0.15) is 8.42 Å². The van der Waals surface area contributed by atoms with Crippen molar-refractivity contribution >= 4 is 22.1 Å². The lowest BCUT2D eigenvalue weighted by molar-refractivity contribution is 0.0707. The van der Waals surface area contributed by atoms with Gasteiger partial charge in [0.25, 0.3) is 10.1 Å². The molecule has 0 aromatic heterocycles. The topological polar surface area (TPSA) is 107 Å². The summed E-state index contributed by atoms with van der Waals surface area (Å²) in [5.74, 6) is -0.732. The molecular weight excluding hydrogens is 432 g/mol. The molecule has 7 nitrogen and oxygen atoms in total. The van der Waals surface area contributed by atoms with Crippen LogP contribution in [0.3, 0.4) is 0 Å². The Morgan fingerprint density at radius 2 is 1.50 bits per heavy atom. The largest absolute Gasteiger partial charge is 0.423 e. The van der Waals surface area contributed by atoms with Crippen molar-refractivity contribution in [3.63, 3.8) is 0 Å². The van der Waals surface area contributed by atoms with Crippen LogP contribution in [0.15, 0.2) is 77.7 Å². The highest BCUT2D eigenvalue weighted by molar-refractivity contribution is 7.85. The van der Waals surface area contributed by atoms with Crippen LogP contribution in [0.4, 0.5) is 0 Å². The molecule has 0 fully saturated rings. The second-order valence-electron chi connectivity index (χ2n) is 7.15. The minimum Gasteiger partial charge on any atom is -0.423 e. The molecule has 3 aromatic rings. The summed E-state index contributed by atoms with van der Waals surface area (Å²) in [5.41, 5.74) is 1.24. The SMILES string of the molecule is CCC(C)c1ccc(OC(=O)c2ccccc2OC(=O)c2ccc(S(=O)(=O)O)cc2)cc1. The van der Waals surface area contributed by atoms with Crippen LogP contribution in [0, 0.1) is 0 Å². The highest BCUT2D eigenvalue weighted by Crippen LogP contribution is 2.25. The van der Waals surface area contributed by atoms with Gasteiger partial charge in [-0.25, -0.2) is 9.59 Å². The first-order chi connectivity index (χ1) is 15.2. The Hall–Kier alpha value is -3.49. The maximum atomic E-state index is 12.7. The van der Waals surface area contributed by atoms with Gasteiger partial charge in [-0.15, -0.1) is 0 Å².